The molecule has 0 atom stereocenters. The van der Waals surface area contributed by atoms with E-state index in [4.69, 9.17) is 0 Å². The zero-order valence-corrected chi connectivity index (χ0v) is 20.7. The van der Waals surface area contributed by atoms with Crippen LogP contribution in [-0.4, -0.2) is 42.4 Å². The summed E-state index contributed by atoms with van der Waals surface area (Å²) >= 11 is 0. The number of rotatable bonds is 13. The number of aliphatic hydroxyl groups is 1. The molecular formula is C25H48BrNO. The molecule has 0 saturated heterocycles. The molecule has 0 spiro atoms. The molecule has 0 amide bonds. The van der Waals surface area contributed by atoms with E-state index in [2.05, 4.69) is 21.0 Å². The molecule has 0 aromatic rings. The first-order valence-corrected chi connectivity index (χ1v) is 12.5. The summed E-state index contributed by atoms with van der Waals surface area (Å²) in [5.74, 6) is 3.19. The third-order valence-electron chi connectivity index (χ3n) is 8.51. The lowest BCUT2D eigenvalue weighted by Gasteiger charge is -2.59. The third-order valence-corrected chi connectivity index (χ3v) is 8.51. The van der Waals surface area contributed by atoms with Crippen LogP contribution in [-0.2, 0) is 0 Å². The molecule has 4 fully saturated rings. The van der Waals surface area contributed by atoms with Gasteiger partial charge in [-0.1, -0.05) is 45.4 Å². The minimum absolute atomic E-state index is 0. The highest BCUT2D eigenvalue weighted by atomic mass is 79.9. The Labute approximate surface area is 186 Å². The molecule has 1 N–H and O–H groups in total. The molecule has 4 aliphatic rings. The molecule has 4 saturated carbocycles. The highest BCUT2D eigenvalue weighted by molar-refractivity contribution is 5.06. The highest BCUT2D eigenvalue weighted by Crippen LogP contribution is 2.59. The van der Waals surface area contributed by atoms with E-state index in [1.54, 1.807) is 0 Å². The van der Waals surface area contributed by atoms with E-state index in [9.17, 15) is 5.11 Å². The van der Waals surface area contributed by atoms with Gasteiger partial charge in [-0.15, -0.1) is 0 Å². The molecule has 0 aliphatic heterocycles. The van der Waals surface area contributed by atoms with E-state index in [0.29, 0.717) is 11.8 Å². The number of hydrogen-bond donors (Lipinski definition) is 1. The molecule has 0 heterocycles. The van der Waals surface area contributed by atoms with Gasteiger partial charge in [0.15, 0.2) is 0 Å². The van der Waals surface area contributed by atoms with Crippen molar-refractivity contribution >= 4 is 0 Å². The van der Waals surface area contributed by atoms with Gasteiger partial charge in [0.05, 0.1) is 32.8 Å². The fourth-order valence-electron chi connectivity index (χ4n) is 6.98. The summed E-state index contributed by atoms with van der Waals surface area (Å²) in [6.07, 6.45) is 20.4. The number of hydrogen-bond acceptors (Lipinski definition) is 1. The Morgan fingerprint density at radius 3 is 1.71 bits per heavy atom. The minimum atomic E-state index is -0.300. The van der Waals surface area contributed by atoms with E-state index >= 15 is 0 Å². The molecule has 28 heavy (non-hydrogen) atoms. The van der Waals surface area contributed by atoms with Gasteiger partial charge in [-0.25, -0.2) is 0 Å². The van der Waals surface area contributed by atoms with Crippen molar-refractivity contribution in [1.29, 1.82) is 0 Å². The zero-order valence-electron chi connectivity index (χ0n) is 19.1. The molecule has 0 aromatic heterocycles. The summed E-state index contributed by atoms with van der Waals surface area (Å²) in [6, 6.07) is 0. The summed E-state index contributed by atoms with van der Waals surface area (Å²) in [4.78, 5) is 0. The van der Waals surface area contributed by atoms with Gasteiger partial charge in [0.1, 0.15) is 0 Å². The predicted molar refractivity (Wildman–Crippen MR) is 116 cm³/mol. The van der Waals surface area contributed by atoms with Gasteiger partial charge < -0.3 is 26.6 Å². The first-order valence-electron chi connectivity index (χ1n) is 12.5. The second kappa shape index (κ2) is 11.1. The van der Waals surface area contributed by atoms with Crippen molar-refractivity contribution in [2.75, 3.05) is 27.2 Å². The largest absolute Gasteiger partial charge is 1.00 e. The number of quaternary nitrogens is 1. The average molecular weight is 459 g/mol. The van der Waals surface area contributed by atoms with E-state index in [1.807, 2.05) is 0 Å². The van der Waals surface area contributed by atoms with Crippen molar-refractivity contribution in [3.63, 3.8) is 0 Å². The summed E-state index contributed by atoms with van der Waals surface area (Å²) < 4.78 is 1.15. The molecule has 0 radical (unpaired) electrons. The third kappa shape index (κ3) is 6.45. The van der Waals surface area contributed by atoms with Crippen molar-refractivity contribution in [2.24, 2.45) is 23.7 Å². The van der Waals surface area contributed by atoms with Gasteiger partial charge >= 0.3 is 0 Å². The van der Waals surface area contributed by atoms with Crippen LogP contribution in [0.3, 0.4) is 0 Å². The topological polar surface area (TPSA) is 20.2 Å². The number of halogens is 1. The summed E-state index contributed by atoms with van der Waals surface area (Å²) in [7, 11) is 4.81. The molecule has 4 rings (SSSR count). The SMILES string of the molecule is CCCCCCCCCC[N+](C)(C)CCCC1(O)C2CC3CC(C2)CC1C3.[Br-]. The first-order chi connectivity index (χ1) is 12.9. The van der Waals surface area contributed by atoms with Gasteiger partial charge in [-0.05, 0) is 81.5 Å². The Bertz CT molecular complexity index is 422. The van der Waals surface area contributed by atoms with Crippen LogP contribution in [0, 0.1) is 23.7 Å². The van der Waals surface area contributed by atoms with Crippen LogP contribution < -0.4 is 17.0 Å². The standard InChI is InChI=1S/C25H48NO.BrH/c1-4-5-6-7-8-9-10-11-14-26(2,3)15-12-13-25(27)23-17-21-16-22(19-23)20-24(25)18-21;/h21-24,27H,4-20H2,1-3H3;1H/q+1;/p-1. The van der Waals surface area contributed by atoms with Crippen molar-refractivity contribution in [1.82, 2.24) is 0 Å². The van der Waals surface area contributed by atoms with Crippen LogP contribution >= 0.6 is 0 Å². The molecule has 0 aromatic carbocycles. The van der Waals surface area contributed by atoms with Crippen LogP contribution in [0.1, 0.15) is 103 Å². The predicted octanol–water partition coefficient (Wildman–Crippen LogP) is 3.17. The second-order valence-electron chi connectivity index (χ2n) is 11.3. The van der Waals surface area contributed by atoms with Crippen LogP contribution in [0.4, 0.5) is 0 Å². The number of unbranched alkanes of at least 4 members (excludes halogenated alkanes) is 7. The lowest BCUT2D eigenvalue weighted by atomic mass is 9.49. The fourth-order valence-corrected chi connectivity index (χ4v) is 6.98. The lowest BCUT2D eigenvalue weighted by Crippen LogP contribution is -3.00. The monoisotopic (exact) mass is 457 g/mol. The van der Waals surface area contributed by atoms with Crippen LogP contribution in [0.15, 0.2) is 0 Å². The Morgan fingerprint density at radius 2 is 1.18 bits per heavy atom. The minimum Gasteiger partial charge on any atom is -1.00 e. The van der Waals surface area contributed by atoms with Crippen molar-refractivity contribution in [3.8, 4) is 0 Å². The average Bonchev–Trinajstić information content (AvgIpc) is 2.61. The van der Waals surface area contributed by atoms with Gasteiger partial charge in [0, 0.05) is 0 Å². The van der Waals surface area contributed by atoms with E-state index in [-0.39, 0.29) is 22.6 Å². The molecule has 4 bridgehead atoms. The van der Waals surface area contributed by atoms with Crippen molar-refractivity contribution in [3.05, 3.63) is 0 Å². The maximum absolute atomic E-state index is 11.5. The molecule has 166 valence electrons. The second-order valence-corrected chi connectivity index (χ2v) is 11.3. The maximum atomic E-state index is 11.5. The van der Waals surface area contributed by atoms with Crippen LogP contribution in [0.25, 0.3) is 0 Å². The van der Waals surface area contributed by atoms with Crippen molar-refractivity contribution < 1.29 is 26.6 Å². The van der Waals surface area contributed by atoms with Crippen LogP contribution in [0.5, 0.6) is 0 Å². The Morgan fingerprint density at radius 1 is 0.714 bits per heavy atom. The molecular weight excluding hydrogens is 410 g/mol. The fraction of sp³-hybridized carbons (Fsp3) is 1.00. The van der Waals surface area contributed by atoms with Gasteiger partial charge in [0.2, 0.25) is 0 Å². The van der Waals surface area contributed by atoms with E-state index in [1.165, 1.54) is 103 Å². The maximum Gasteiger partial charge on any atom is 0.0783 e. The summed E-state index contributed by atoms with van der Waals surface area (Å²) in [5.41, 5.74) is -0.300. The Hall–Kier alpha value is 0.400. The normalized spacial score (nSPS) is 33.9. The van der Waals surface area contributed by atoms with Gasteiger partial charge in [-0.2, -0.15) is 0 Å². The quantitative estimate of drug-likeness (QED) is 0.332. The van der Waals surface area contributed by atoms with Gasteiger partial charge in [-0.3, -0.25) is 0 Å². The zero-order chi connectivity index (χ0) is 19.3. The molecule has 2 nitrogen and oxygen atoms in total. The van der Waals surface area contributed by atoms with Crippen LogP contribution in [0.2, 0.25) is 0 Å². The molecule has 4 aliphatic carbocycles. The number of nitrogens with zero attached hydrogens (tertiary/aromatic N) is 1. The van der Waals surface area contributed by atoms with Crippen molar-refractivity contribution in [2.45, 2.75) is 109 Å². The Balaban J connectivity index is 0.00000280. The lowest BCUT2D eigenvalue weighted by molar-refractivity contribution is -0.890. The Kier molecular flexibility index (Phi) is 9.82. The van der Waals surface area contributed by atoms with E-state index < -0.39 is 0 Å². The summed E-state index contributed by atoms with van der Waals surface area (Å²) in [5, 5.41) is 11.5. The first kappa shape index (κ1) is 24.7. The highest BCUT2D eigenvalue weighted by Gasteiger charge is 2.55. The summed E-state index contributed by atoms with van der Waals surface area (Å²) in [6.45, 7) is 4.84. The van der Waals surface area contributed by atoms with E-state index in [0.717, 1.165) is 22.7 Å². The molecule has 3 heteroatoms. The molecule has 0 unspecified atom stereocenters. The van der Waals surface area contributed by atoms with Gasteiger partial charge in [0.25, 0.3) is 0 Å². The smallest absolute Gasteiger partial charge is 0.0783 e.